The van der Waals surface area contributed by atoms with Crippen molar-refractivity contribution in [1.29, 1.82) is 0 Å². The summed E-state index contributed by atoms with van der Waals surface area (Å²) in [5.74, 6) is 2.60. The van der Waals surface area contributed by atoms with Crippen LogP contribution in [0.25, 0.3) is 0 Å². The summed E-state index contributed by atoms with van der Waals surface area (Å²) in [5.41, 5.74) is 2.23. The van der Waals surface area contributed by atoms with E-state index in [9.17, 15) is 9.90 Å². The molecular weight excluding hydrogens is 420 g/mol. The molecule has 192 valence electrons. The van der Waals surface area contributed by atoms with Crippen LogP contribution in [-0.4, -0.2) is 30.7 Å². The molecule has 5 aliphatic carbocycles. The molecule has 4 fully saturated rings. The van der Waals surface area contributed by atoms with Gasteiger partial charge in [0, 0.05) is 13.5 Å². The van der Waals surface area contributed by atoms with Gasteiger partial charge in [-0.25, -0.2) is 0 Å². The van der Waals surface area contributed by atoms with Crippen molar-refractivity contribution in [3.05, 3.63) is 11.6 Å². The second-order valence-electron chi connectivity index (χ2n) is 14.8. The predicted octanol–water partition coefficient (Wildman–Crippen LogP) is 6.97. The highest BCUT2D eigenvalue weighted by atomic mass is 16.5. The average molecular weight is 471 g/mol. The van der Waals surface area contributed by atoms with Crippen molar-refractivity contribution >= 4 is 5.78 Å². The van der Waals surface area contributed by atoms with Crippen molar-refractivity contribution in [2.75, 3.05) is 13.7 Å². The minimum absolute atomic E-state index is 0.00216. The van der Waals surface area contributed by atoms with E-state index >= 15 is 0 Å². The lowest BCUT2D eigenvalue weighted by Crippen LogP contribution is -2.58. The number of methoxy groups -OCH3 is 1. The third kappa shape index (κ3) is 3.17. The molecule has 0 bridgehead atoms. The summed E-state index contributed by atoms with van der Waals surface area (Å²) in [6.07, 6.45) is 14.5. The third-order valence-corrected chi connectivity index (χ3v) is 13.0. The zero-order valence-corrected chi connectivity index (χ0v) is 23.0. The first kappa shape index (κ1) is 25.0. The van der Waals surface area contributed by atoms with Gasteiger partial charge in [-0.15, -0.1) is 0 Å². The van der Waals surface area contributed by atoms with Crippen molar-refractivity contribution in [3.8, 4) is 0 Å². The zero-order chi connectivity index (χ0) is 24.7. The maximum atomic E-state index is 12.9. The van der Waals surface area contributed by atoms with Crippen LogP contribution >= 0.6 is 0 Å². The number of rotatable bonds is 2. The third-order valence-electron chi connectivity index (χ3n) is 13.0. The monoisotopic (exact) mass is 470 g/mol. The molecule has 3 nitrogen and oxygen atoms in total. The molecule has 0 heterocycles. The van der Waals surface area contributed by atoms with E-state index in [4.69, 9.17) is 4.74 Å². The summed E-state index contributed by atoms with van der Waals surface area (Å²) in [4.78, 5) is 12.9. The molecule has 0 amide bonds. The van der Waals surface area contributed by atoms with E-state index in [-0.39, 0.29) is 29.1 Å². The van der Waals surface area contributed by atoms with Crippen molar-refractivity contribution in [1.82, 2.24) is 0 Å². The number of Topliss-reactive ketones (excluding diaryl/α,β-unsaturated/α-hetero) is 1. The number of ketones is 1. The van der Waals surface area contributed by atoms with E-state index in [0.717, 1.165) is 24.7 Å². The molecular formula is C31H50O3. The normalized spacial score (nSPS) is 52.4. The molecule has 9 unspecified atom stereocenters. The first-order valence-electron chi connectivity index (χ1n) is 14.2. The largest absolute Gasteiger partial charge is 0.395 e. The van der Waals surface area contributed by atoms with Crippen molar-refractivity contribution in [2.45, 2.75) is 112 Å². The molecule has 0 saturated heterocycles. The molecule has 5 aliphatic rings. The Bertz CT molecular complexity index is 874. The molecule has 5 rings (SSSR count). The first-order valence-corrected chi connectivity index (χ1v) is 14.2. The Morgan fingerprint density at radius 3 is 2.32 bits per heavy atom. The Labute approximate surface area is 208 Å². The van der Waals surface area contributed by atoms with Crippen molar-refractivity contribution in [2.24, 2.45) is 50.7 Å². The van der Waals surface area contributed by atoms with Crippen LogP contribution in [0, 0.1) is 50.7 Å². The fraction of sp³-hybridized carbons (Fsp3) is 0.903. The summed E-state index contributed by atoms with van der Waals surface area (Å²) in [6.45, 7) is 14.7. The number of fused-ring (bicyclic) bond motifs is 6. The highest BCUT2D eigenvalue weighted by Crippen LogP contribution is 2.70. The second-order valence-corrected chi connectivity index (χ2v) is 14.8. The van der Waals surface area contributed by atoms with Gasteiger partial charge in [0.2, 0.25) is 0 Å². The second kappa shape index (κ2) is 7.91. The van der Waals surface area contributed by atoms with Gasteiger partial charge in [0.25, 0.3) is 0 Å². The van der Waals surface area contributed by atoms with E-state index in [1.807, 2.05) is 7.11 Å². The summed E-state index contributed by atoms with van der Waals surface area (Å²) < 4.78 is 6.02. The van der Waals surface area contributed by atoms with Gasteiger partial charge in [0.1, 0.15) is 5.78 Å². The first-order chi connectivity index (χ1) is 15.9. The molecule has 0 spiro atoms. The number of hydrogen-bond acceptors (Lipinski definition) is 3. The minimum Gasteiger partial charge on any atom is -0.395 e. The highest BCUT2D eigenvalue weighted by molar-refractivity contribution is 5.86. The SMILES string of the molecule is COC1CCC2(C)C3CCC4C(=CCC5C(C)(CO)C(=O)CCC45C)CC3(C)CCC2C1(C)C. The lowest BCUT2D eigenvalue weighted by atomic mass is 9.42. The number of carbonyl (C=O) groups excluding carboxylic acids is 1. The molecule has 3 heteroatoms. The van der Waals surface area contributed by atoms with E-state index < -0.39 is 5.41 Å². The standard InChI is InChI=1S/C31H50O3/c1-27(2)22-12-15-28(3)18-20-8-10-24-29(4,16-13-25(33)31(24,6)19-32)21(20)9-11-23(28)30(22,5)17-14-26(27)34-7/h8,21-24,26,32H,9-19H2,1-7H3. The summed E-state index contributed by atoms with van der Waals surface area (Å²) in [6, 6.07) is 0. The van der Waals surface area contributed by atoms with Gasteiger partial charge in [-0.05, 0) is 103 Å². The van der Waals surface area contributed by atoms with Crippen LogP contribution in [-0.2, 0) is 9.53 Å². The number of allylic oxidation sites excluding steroid dienone is 2. The lowest BCUT2D eigenvalue weighted by Gasteiger charge is -2.64. The fourth-order valence-corrected chi connectivity index (χ4v) is 11.2. The number of ether oxygens (including phenoxy) is 1. The van der Waals surface area contributed by atoms with Gasteiger partial charge in [0.15, 0.2) is 0 Å². The van der Waals surface area contributed by atoms with E-state index in [2.05, 4.69) is 47.6 Å². The van der Waals surface area contributed by atoms with Crippen LogP contribution in [0.4, 0.5) is 0 Å². The molecule has 0 aromatic carbocycles. The van der Waals surface area contributed by atoms with E-state index in [1.54, 1.807) is 5.57 Å². The Morgan fingerprint density at radius 1 is 0.912 bits per heavy atom. The van der Waals surface area contributed by atoms with E-state index in [0.29, 0.717) is 29.3 Å². The van der Waals surface area contributed by atoms with Gasteiger partial charge in [-0.2, -0.15) is 0 Å². The molecule has 9 atom stereocenters. The van der Waals surface area contributed by atoms with Gasteiger partial charge in [-0.3, -0.25) is 4.79 Å². The van der Waals surface area contributed by atoms with Gasteiger partial charge in [-0.1, -0.05) is 53.2 Å². The predicted molar refractivity (Wildman–Crippen MR) is 137 cm³/mol. The average Bonchev–Trinajstić information content (AvgIpc) is 2.93. The molecule has 4 saturated carbocycles. The minimum atomic E-state index is -0.572. The Morgan fingerprint density at radius 2 is 1.65 bits per heavy atom. The summed E-state index contributed by atoms with van der Waals surface area (Å²) in [5, 5.41) is 10.3. The van der Waals surface area contributed by atoms with Crippen molar-refractivity contribution in [3.63, 3.8) is 0 Å². The topological polar surface area (TPSA) is 46.5 Å². The number of aliphatic hydroxyl groups is 1. The summed E-state index contributed by atoms with van der Waals surface area (Å²) in [7, 11) is 1.91. The molecule has 0 radical (unpaired) electrons. The Balaban J connectivity index is 1.50. The quantitative estimate of drug-likeness (QED) is 0.443. The Hall–Kier alpha value is -0.670. The van der Waals surface area contributed by atoms with Gasteiger partial charge in [0.05, 0.1) is 18.1 Å². The molecule has 0 aliphatic heterocycles. The van der Waals surface area contributed by atoms with Crippen LogP contribution in [0.1, 0.15) is 106 Å². The zero-order valence-electron chi connectivity index (χ0n) is 23.0. The van der Waals surface area contributed by atoms with Gasteiger partial charge < -0.3 is 9.84 Å². The number of hydrogen-bond donors (Lipinski definition) is 1. The maximum Gasteiger partial charge on any atom is 0.141 e. The van der Waals surface area contributed by atoms with E-state index in [1.165, 1.54) is 44.9 Å². The van der Waals surface area contributed by atoms with Gasteiger partial charge >= 0.3 is 0 Å². The van der Waals surface area contributed by atoms with Crippen LogP contribution in [0.5, 0.6) is 0 Å². The summed E-state index contributed by atoms with van der Waals surface area (Å²) >= 11 is 0. The molecule has 1 N–H and O–H groups in total. The molecule has 0 aromatic heterocycles. The lowest BCUT2D eigenvalue weighted by molar-refractivity contribution is -0.177. The van der Waals surface area contributed by atoms with Crippen LogP contribution in [0.2, 0.25) is 0 Å². The van der Waals surface area contributed by atoms with Crippen LogP contribution in [0.3, 0.4) is 0 Å². The molecule has 34 heavy (non-hydrogen) atoms. The fourth-order valence-electron chi connectivity index (χ4n) is 11.2. The smallest absolute Gasteiger partial charge is 0.141 e. The highest BCUT2D eigenvalue weighted by Gasteiger charge is 2.63. The molecule has 0 aromatic rings. The number of carbonyl (C=O) groups is 1. The van der Waals surface area contributed by atoms with Crippen molar-refractivity contribution < 1.29 is 14.6 Å². The number of aliphatic hydroxyl groups excluding tert-OH is 1. The van der Waals surface area contributed by atoms with Crippen LogP contribution in [0.15, 0.2) is 11.6 Å². The Kier molecular flexibility index (Phi) is 5.82. The van der Waals surface area contributed by atoms with Crippen LogP contribution < -0.4 is 0 Å². The maximum absolute atomic E-state index is 12.9.